The average molecular weight is 405 g/mol. The molecule has 6 nitrogen and oxygen atoms in total. The van der Waals surface area contributed by atoms with Gasteiger partial charge in [-0.05, 0) is 24.1 Å². The van der Waals surface area contributed by atoms with Crippen molar-refractivity contribution in [3.8, 4) is 11.1 Å². The standard InChI is InChI=1S/C18H16FN3O3S2/c19-12-4-2-11(3-5-12)13-10-27-16-14(13)15(23)20-17(21-16)26-9-1-6-22-7-8-25-18(22)24/h2-5,10H,1,6-9H2,(H,20,21,23). The Morgan fingerprint density at radius 3 is 2.85 bits per heavy atom. The maximum absolute atomic E-state index is 13.1. The van der Waals surface area contributed by atoms with Gasteiger partial charge in [0.15, 0.2) is 5.16 Å². The van der Waals surface area contributed by atoms with Gasteiger partial charge in [-0.15, -0.1) is 11.3 Å². The molecule has 0 bridgehead atoms. The molecule has 0 saturated carbocycles. The first-order chi connectivity index (χ1) is 13.1. The number of nitrogens with one attached hydrogen (secondary N) is 1. The maximum atomic E-state index is 13.1. The first kappa shape index (κ1) is 18.0. The van der Waals surface area contributed by atoms with Gasteiger partial charge in [-0.25, -0.2) is 14.2 Å². The van der Waals surface area contributed by atoms with E-state index in [4.69, 9.17) is 4.74 Å². The van der Waals surface area contributed by atoms with E-state index in [-0.39, 0.29) is 17.5 Å². The molecule has 1 amide bonds. The fraction of sp³-hybridized carbons (Fsp3) is 0.278. The van der Waals surface area contributed by atoms with E-state index < -0.39 is 0 Å². The zero-order valence-electron chi connectivity index (χ0n) is 14.2. The molecule has 0 spiro atoms. The molecule has 0 aliphatic carbocycles. The minimum Gasteiger partial charge on any atom is -0.448 e. The van der Waals surface area contributed by atoms with Crippen molar-refractivity contribution in [3.05, 3.63) is 45.8 Å². The summed E-state index contributed by atoms with van der Waals surface area (Å²) in [5.74, 6) is 0.417. The molecule has 1 saturated heterocycles. The van der Waals surface area contributed by atoms with Gasteiger partial charge in [0.2, 0.25) is 0 Å². The normalized spacial score (nSPS) is 14.1. The molecule has 1 aliphatic heterocycles. The van der Waals surface area contributed by atoms with Crippen LogP contribution in [0.15, 0.2) is 39.6 Å². The Balaban J connectivity index is 1.47. The third kappa shape index (κ3) is 3.84. The van der Waals surface area contributed by atoms with Gasteiger partial charge in [-0.1, -0.05) is 23.9 Å². The minimum atomic E-state index is -0.314. The molecule has 1 aromatic carbocycles. The van der Waals surface area contributed by atoms with Crippen LogP contribution in [0.25, 0.3) is 21.3 Å². The van der Waals surface area contributed by atoms with Crippen LogP contribution in [-0.2, 0) is 4.74 Å². The van der Waals surface area contributed by atoms with Crippen LogP contribution in [0.1, 0.15) is 6.42 Å². The number of carbonyl (C=O) groups excluding carboxylic acids is 1. The Hall–Kier alpha value is -2.39. The number of hydrogen-bond donors (Lipinski definition) is 1. The van der Waals surface area contributed by atoms with Gasteiger partial charge in [0, 0.05) is 23.2 Å². The number of H-pyrrole nitrogens is 1. The second-order valence-corrected chi connectivity index (χ2v) is 7.95. The summed E-state index contributed by atoms with van der Waals surface area (Å²) in [6.45, 7) is 1.71. The van der Waals surface area contributed by atoms with Gasteiger partial charge < -0.3 is 14.6 Å². The van der Waals surface area contributed by atoms with E-state index >= 15 is 0 Å². The Morgan fingerprint density at radius 1 is 1.30 bits per heavy atom. The summed E-state index contributed by atoms with van der Waals surface area (Å²) < 4.78 is 18.0. The van der Waals surface area contributed by atoms with Crippen molar-refractivity contribution >= 4 is 39.4 Å². The number of hydrogen-bond acceptors (Lipinski definition) is 6. The SMILES string of the molecule is O=C1OCCN1CCCSc1nc2scc(-c3ccc(F)cc3)c2c(=O)[nH]1. The highest BCUT2D eigenvalue weighted by atomic mass is 32.2. The van der Waals surface area contributed by atoms with Crippen LogP contribution in [0.4, 0.5) is 9.18 Å². The van der Waals surface area contributed by atoms with E-state index in [1.54, 1.807) is 17.0 Å². The second-order valence-electron chi connectivity index (χ2n) is 6.01. The molecule has 4 rings (SSSR count). The molecule has 27 heavy (non-hydrogen) atoms. The fourth-order valence-corrected chi connectivity index (χ4v) is 4.69. The lowest BCUT2D eigenvalue weighted by Crippen LogP contribution is -2.25. The topological polar surface area (TPSA) is 75.3 Å². The van der Waals surface area contributed by atoms with E-state index in [9.17, 15) is 14.0 Å². The van der Waals surface area contributed by atoms with Gasteiger partial charge in [-0.2, -0.15) is 0 Å². The van der Waals surface area contributed by atoms with Gasteiger partial charge >= 0.3 is 6.09 Å². The number of ether oxygens (including phenoxy) is 1. The van der Waals surface area contributed by atoms with Crippen molar-refractivity contribution in [1.29, 1.82) is 0 Å². The van der Waals surface area contributed by atoms with Crippen molar-refractivity contribution in [2.45, 2.75) is 11.6 Å². The number of aromatic amines is 1. The molecule has 2 aromatic heterocycles. The molecule has 0 radical (unpaired) electrons. The van der Waals surface area contributed by atoms with Crippen LogP contribution in [0.3, 0.4) is 0 Å². The quantitative estimate of drug-likeness (QED) is 0.384. The lowest BCUT2D eigenvalue weighted by Gasteiger charge is -2.11. The number of cyclic esters (lactones) is 1. The summed E-state index contributed by atoms with van der Waals surface area (Å²) in [5.41, 5.74) is 1.34. The summed E-state index contributed by atoms with van der Waals surface area (Å²) >= 11 is 2.85. The molecule has 140 valence electrons. The van der Waals surface area contributed by atoms with E-state index in [1.807, 2.05) is 5.38 Å². The van der Waals surface area contributed by atoms with Crippen molar-refractivity contribution < 1.29 is 13.9 Å². The summed E-state index contributed by atoms with van der Waals surface area (Å²) in [5, 5.41) is 2.95. The third-order valence-electron chi connectivity index (χ3n) is 4.23. The molecule has 3 heterocycles. The predicted molar refractivity (Wildman–Crippen MR) is 104 cm³/mol. The van der Waals surface area contributed by atoms with Crippen LogP contribution in [0.2, 0.25) is 0 Å². The van der Waals surface area contributed by atoms with E-state index in [1.165, 1.54) is 35.2 Å². The molecule has 0 unspecified atom stereocenters. The number of aromatic nitrogens is 2. The molecule has 9 heteroatoms. The number of amides is 1. The van der Waals surface area contributed by atoms with E-state index in [2.05, 4.69) is 9.97 Å². The number of rotatable bonds is 6. The molecule has 3 aromatic rings. The Kier molecular flexibility index (Phi) is 5.13. The summed E-state index contributed by atoms with van der Waals surface area (Å²) in [7, 11) is 0. The zero-order valence-corrected chi connectivity index (χ0v) is 15.9. The number of thiophene rings is 1. The smallest absolute Gasteiger partial charge is 0.409 e. The van der Waals surface area contributed by atoms with Crippen molar-refractivity contribution in [3.63, 3.8) is 0 Å². The Labute approximate surface area is 162 Å². The number of carbonyl (C=O) groups is 1. The van der Waals surface area contributed by atoms with Gasteiger partial charge in [-0.3, -0.25) is 4.79 Å². The summed E-state index contributed by atoms with van der Waals surface area (Å²) in [6, 6.07) is 6.06. The second kappa shape index (κ2) is 7.69. The lowest BCUT2D eigenvalue weighted by atomic mass is 10.1. The largest absolute Gasteiger partial charge is 0.448 e. The van der Waals surface area contributed by atoms with Crippen LogP contribution in [0, 0.1) is 5.82 Å². The third-order valence-corrected chi connectivity index (χ3v) is 6.07. The van der Waals surface area contributed by atoms with Crippen LogP contribution in [0.5, 0.6) is 0 Å². The monoisotopic (exact) mass is 405 g/mol. The highest BCUT2D eigenvalue weighted by Gasteiger charge is 2.21. The highest BCUT2D eigenvalue weighted by molar-refractivity contribution is 7.99. The van der Waals surface area contributed by atoms with Crippen LogP contribution in [-0.4, -0.2) is 46.4 Å². The predicted octanol–water partition coefficient (Wildman–Crippen LogP) is 3.73. The summed E-state index contributed by atoms with van der Waals surface area (Å²) in [4.78, 5) is 33.6. The van der Waals surface area contributed by atoms with Crippen molar-refractivity contribution in [2.75, 3.05) is 25.4 Å². The average Bonchev–Trinajstić information content (AvgIpc) is 3.26. The fourth-order valence-electron chi connectivity index (χ4n) is 2.89. The van der Waals surface area contributed by atoms with Crippen molar-refractivity contribution in [2.24, 2.45) is 0 Å². The Morgan fingerprint density at radius 2 is 2.11 bits per heavy atom. The van der Waals surface area contributed by atoms with Crippen LogP contribution >= 0.6 is 23.1 Å². The minimum absolute atomic E-state index is 0.203. The zero-order chi connectivity index (χ0) is 18.8. The van der Waals surface area contributed by atoms with Gasteiger partial charge in [0.1, 0.15) is 17.3 Å². The number of halogens is 1. The van der Waals surface area contributed by atoms with Gasteiger partial charge in [0.25, 0.3) is 5.56 Å². The molecular formula is C18H16FN3O3S2. The lowest BCUT2D eigenvalue weighted by molar-refractivity contribution is 0.158. The summed E-state index contributed by atoms with van der Waals surface area (Å²) in [6.07, 6.45) is 0.520. The molecule has 1 fully saturated rings. The van der Waals surface area contributed by atoms with E-state index in [0.717, 1.165) is 23.3 Å². The first-order valence-electron chi connectivity index (χ1n) is 8.44. The molecular weight excluding hydrogens is 389 g/mol. The first-order valence-corrected chi connectivity index (χ1v) is 10.3. The number of nitrogens with zero attached hydrogens (tertiary/aromatic N) is 2. The number of fused-ring (bicyclic) bond motifs is 1. The van der Waals surface area contributed by atoms with Crippen LogP contribution < -0.4 is 5.56 Å². The molecule has 1 N–H and O–H groups in total. The maximum Gasteiger partial charge on any atom is 0.409 e. The molecule has 0 atom stereocenters. The molecule has 1 aliphatic rings. The number of benzene rings is 1. The Bertz CT molecular complexity index is 1030. The van der Waals surface area contributed by atoms with Crippen molar-refractivity contribution in [1.82, 2.24) is 14.9 Å². The van der Waals surface area contributed by atoms with Gasteiger partial charge in [0.05, 0.1) is 11.9 Å². The number of thioether (sulfide) groups is 1. The highest BCUT2D eigenvalue weighted by Crippen LogP contribution is 2.31. The van der Waals surface area contributed by atoms with E-state index in [0.29, 0.717) is 35.1 Å².